The molecule has 0 aliphatic carbocycles. The van der Waals surface area contributed by atoms with Crippen molar-refractivity contribution in [3.63, 3.8) is 0 Å². The van der Waals surface area contributed by atoms with Crippen LogP contribution in [0.5, 0.6) is 0 Å². The van der Waals surface area contributed by atoms with E-state index in [4.69, 9.17) is 4.74 Å². The molecule has 0 spiro atoms. The van der Waals surface area contributed by atoms with Crippen molar-refractivity contribution in [2.45, 2.75) is 31.3 Å². The molecule has 0 saturated carbocycles. The Labute approximate surface area is 196 Å². The van der Waals surface area contributed by atoms with Gasteiger partial charge in [0, 0.05) is 25.8 Å². The molecular formula is C26H30N2O4S. The van der Waals surface area contributed by atoms with Crippen LogP contribution in [0.25, 0.3) is 0 Å². The molecule has 174 valence electrons. The molecule has 0 saturated heterocycles. The number of ether oxygens (including phenoxy) is 1. The molecule has 0 fully saturated rings. The van der Waals surface area contributed by atoms with Crippen LogP contribution in [0, 0.1) is 6.92 Å². The number of hydrogen-bond donors (Lipinski definition) is 1. The number of hydrogen-bond acceptors (Lipinski definition) is 4. The highest BCUT2D eigenvalue weighted by atomic mass is 32.2. The zero-order valence-electron chi connectivity index (χ0n) is 19.2. The summed E-state index contributed by atoms with van der Waals surface area (Å²) >= 11 is 0. The third kappa shape index (κ3) is 6.43. The number of nitrogens with zero attached hydrogens (tertiary/aromatic N) is 1. The number of sulfonamides is 1. The molecule has 3 aromatic rings. The van der Waals surface area contributed by atoms with Crippen molar-refractivity contribution < 1.29 is 17.9 Å². The van der Waals surface area contributed by atoms with E-state index in [0.717, 1.165) is 11.1 Å². The smallest absolute Gasteiger partial charge is 0.264 e. The van der Waals surface area contributed by atoms with Crippen molar-refractivity contribution in [3.8, 4) is 0 Å². The molecule has 0 heterocycles. The molecule has 0 aliphatic rings. The average molecular weight is 467 g/mol. The third-order valence-electron chi connectivity index (χ3n) is 5.42. The Morgan fingerprint density at radius 1 is 0.970 bits per heavy atom. The van der Waals surface area contributed by atoms with E-state index >= 15 is 0 Å². The Bertz CT molecular complexity index is 1150. The minimum atomic E-state index is -3.67. The molecule has 0 radical (unpaired) electrons. The fourth-order valence-corrected chi connectivity index (χ4v) is 4.48. The van der Waals surface area contributed by atoms with Crippen molar-refractivity contribution >= 4 is 21.6 Å². The second-order valence-electron chi connectivity index (χ2n) is 7.87. The first kappa shape index (κ1) is 24.5. The van der Waals surface area contributed by atoms with Gasteiger partial charge < -0.3 is 10.1 Å². The lowest BCUT2D eigenvalue weighted by atomic mass is 10.1. The van der Waals surface area contributed by atoms with E-state index in [1.165, 1.54) is 11.4 Å². The van der Waals surface area contributed by atoms with Gasteiger partial charge in [-0.1, -0.05) is 48.0 Å². The Morgan fingerprint density at radius 2 is 1.61 bits per heavy atom. The van der Waals surface area contributed by atoms with Gasteiger partial charge >= 0.3 is 0 Å². The Morgan fingerprint density at radius 3 is 2.24 bits per heavy atom. The van der Waals surface area contributed by atoms with Crippen LogP contribution in [0.3, 0.4) is 0 Å². The van der Waals surface area contributed by atoms with Gasteiger partial charge in [0.1, 0.15) is 0 Å². The number of carbonyl (C=O) groups excluding carboxylic acids is 1. The third-order valence-corrected chi connectivity index (χ3v) is 7.22. The van der Waals surface area contributed by atoms with Gasteiger partial charge in [-0.05, 0) is 62.2 Å². The van der Waals surface area contributed by atoms with E-state index in [9.17, 15) is 13.2 Å². The second-order valence-corrected chi connectivity index (χ2v) is 9.83. The van der Waals surface area contributed by atoms with Crippen molar-refractivity contribution in [2.75, 3.05) is 24.5 Å². The van der Waals surface area contributed by atoms with Gasteiger partial charge in [-0.2, -0.15) is 0 Å². The summed E-state index contributed by atoms with van der Waals surface area (Å²) in [4.78, 5) is 12.6. The fraction of sp³-hybridized carbons (Fsp3) is 0.269. The van der Waals surface area contributed by atoms with Crippen LogP contribution in [0.15, 0.2) is 83.8 Å². The minimum Gasteiger partial charge on any atom is -0.374 e. The summed E-state index contributed by atoms with van der Waals surface area (Å²) in [5.74, 6) is -0.207. The maximum atomic E-state index is 12.8. The summed E-state index contributed by atoms with van der Waals surface area (Å²) in [7, 11) is -2.17. The number of nitrogens with one attached hydrogen (secondary N) is 1. The molecule has 3 aromatic carbocycles. The first-order chi connectivity index (χ1) is 15.8. The molecule has 3 rings (SSSR count). The predicted octanol–water partition coefficient (Wildman–Crippen LogP) is 4.72. The number of rotatable bonds is 10. The summed E-state index contributed by atoms with van der Waals surface area (Å²) in [6.07, 6.45) is 0.695. The van der Waals surface area contributed by atoms with Crippen molar-refractivity contribution in [3.05, 3.63) is 95.6 Å². The molecule has 0 aliphatic heterocycles. The normalized spacial score (nSPS) is 12.2. The van der Waals surface area contributed by atoms with Gasteiger partial charge in [-0.25, -0.2) is 8.42 Å². The Kier molecular flexibility index (Phi) is 8.25. The first-order valence-electron chi connectivity index (χ1n) is 10.9. The van der Waals surface area contributed by atoms with Crippen LogP contribution in [-0.4, -0.2) is 34.5 Å². The first-order valence-corrected chi connectivity index (χ1v) is 12.3. The van der Waals surface area contributed by atoms with Gasteiger partial charge in [0.05, 0.1) is 16.7 Å². The molecule has 1 N–H and O–H groups in total. The molecule has 0 aromatic heterocycles. The summed E-state index contributed by atoms with van der Waals surface area (Å²) in [6, 6.07) is 23.2. The van der Waals surface area contributed by atoms with E-state index in [-0.39, 0.29) is 16.9 Å². The number of carbonyl (C=O) groups is 1. The lowest BCUT2D eigenvalue weighted by Crippen LogP contribution is -2.27. The minimum absolute atomic E-state index is 0.00243. The van der Waals surface area contributed by atoms with E-state index in [0.29, 0.717) is 30.8 Å². The molecule has 6 nitrogen and oxygen atoms in total. The summed E-state index contributed by atoms with van der Waals surface area (Å²) < 4.78 is 32.7. The van der Waals surface area contributed by atoms with Gasteiger partial charge in [-0.3, -0.25) is 9.10 Å². The topological polar surface area (TPSA) is 75.7 Å². The van der Waals surface area contributed by atoms with Crippen LogP contribution < -0.4 is 9.62 Å². The highest BCUT2D eigenvalue weighted by Gasteiger charge is 2.21. The molecule has 0 bridgehead atoms. The number of benzene rings is 3. The zero-order valence-corrected chi connectivity index (χ0v) is 20.0. The van der Waals surface area contributed by atoms with Crippen LogP contribution in [0.1, 0.15) is 40.9 Å². The fourth-order valence-electron chi connectivity index (χ4n) is 3.29. The maximum Gasteiger partial charge on any atom is 0.264 e. The van der Waals surface area contributed by atoms with Gasteiger partial charge in [0.25, 0.3) is 15.9 Å². The van der Waals surface area contributed by atoms with Crippen LogP contribution in [0.2, 0.25) is 0 Å². The van der Waals surface area contributed by atoms with Crippen LogP contribution >= 0.6 is 0 Å². The maximum absolute atomic E-state index is 12.8. The van der Waals surface area contributed by atoms with Gasteiger partial charge in [-0.15, -0.1) is 0 Å². The van der Waals surface area contributed by atoms with Gasteiger partial charge in [0.15, 0.2) is 0 Å². The number of amides is 1. The number of anilines is 1. The predicted molar refractivity (Wildman–Crippen MR) is 131 cm³/mol. The highest BCUT2D eigenvalue weighted by Crippen LogP contribution is 2.23. The molecule has 1 atom stereocenters. The number of aryl methyl sites for hydroxylation is 1. The van der Waals surface area contributed by atoms with Crippen molar-refractivity contribution in [1.29, 1.82) is 0 Å². The monoisotopic (exact) mass is 466 g/mol. The quantitative estimate of drug-likeness (QED) is 0.439. The summed E-state index contributed by atoms with van der Waals surface area (Å²) in [5.41, 5.74) is 3.06. The zero-order chi connectivity index (χ0) is 23.8. The average Bonchev–Trinajstić information content (AvgIpc) is 2.84. The Balaban J connectivity index is 1.49. The van der Waals surface area contributed by atoms with E-state index in [1.54, 1.807) is 48.5 Å². The van der Waals surface area contributed by atoms with E-state index in [1.807, 2.05) is 44.2 Å². The SMILES string of the molecule is Cc1ccc(S(=O)(=O)N(C)c2ccc(C(=O)NCCCOC(C)c3ccccc3)cc2)cc1. The van der Waals surface area contributed by atoms with Crippen LogP contribution in [-0.2, 0) is 14.8 Å². The summed E-state index contributed by atoms with van der Waals surface area (Å²) in [6.45, 7) is 4.94. The molecule has 1 amide bonds. The van der Waals surface area contributed by atoms with Crippen molar-refractivity contribution in [2.24, 2.45) is 0 Å². The lowest BCUT2D eigenvalue weighted by Gasteiger charge is -2.20. The van der Waals surface area contributed by atoms with E-state index in [2.05, 4.69) is 5.32 Å². The standard InChI is InChI=1S/C26H30N2O4S/c1-20-10-16-25(17-11-20)33(30,31)28(3)24-14-12-23(13-15-24)26(29)27-18-7-19-32-21(2)22-8-5-4-6-9-22/h4-6,8-17,21H,7,18-19H2,1-3H3,(H,27,29). The molecule has 1 unspecified atom stereocenters. The molecular weight excluding hydrogens is 436 g/mol. The largest absolute Gasteiger partial charge is 0.374 e. The van der Waals surface area contributed by atoms with Gasteiger partial charge in [0.2, 0.25) is 0 Å². The lowest BCUT2D eigenvalue weighted by molar-refractivity contribution is 0.0635. The summed E-state index contributed by atoms with van der Waals surface area (Å²) in [5, 5.41) is 2.87. The Hall–Kier alpha value is -3.16. The second kappa shape index (κ2) is 11.1. The highest BCUT2D eigenvalue weighted by molar-refractivity contribution is 7.92. The molecule has 33 heavy (non-hydrogen) atoms. The van der Waals surface area contributed by atoms with Crippen molar-refractivity contribution in [1.82, 2.24) is 5.32 Å². The molecule has 7 heteroatoms. The van der Waals surface area contributed by atoms with Crippen LogP contribution in [0.4, 0.5) is 5.69 Å². The van der Waals surface area contributed by atoms with E-state index < -0.39 is 10.0 Å².